The summed E-state index contributed by atoms with van der Waals surface area (Å²) in [4.78, 5) is 0. The second-order valence-electron chi connectivity index (χ2n) is 5.42. The van der Waals surface area contributed by atoms with Crippen LogP contribution in [-0.2, 0) is 0 Å². The van der Waals surface area contributed by atoms with E-state index in [1.807, 2.05) is 0 Å². The molecule has 0 aliphatic heterocycles. The lowest BCUT2D eigenvalue weighted by atomic mass is 10.3. The van der Waals surface area contributed by atoms with Crippen LogP contribution in [0.25, 0.3) is 0 Å². The fourth-order valence-electron chi connectivity index (χ4n) is 1.51. The van der Waals surface area contributed by atoms with Gasteiger partial charge in [0.2, 0.25) is 0 Å². The lowest BCUT2D eigenvalue weighted by molar-refractivity contribution is 0.307. The summed E-state index contributed by atoms with van der Waals surface area (Å²) in [5.74, 6) is 0. The van der Waals surface area contributed by atoms with Crippen molar-refractivity contribution in [2.24, 2.45) is 0 Å². The van der Waals surface area contributed by atoms with Gasteiger partial charge in [0.15, 0.2) is 0 Å². The Labute approximate surface area is 83.2 Å². The fraction of sp³-hybridized carbons (Fsp3) is 1.00. The first-order valence-electron chi connectivity index (χ1n) is 5.00. The zero-order valence-corrected chi connectivity index (χ0v) is 13.2. The SMILES string of the molecule is CC(C)N([SiH2]C(C)(C)[SiH3])C(C)C. The number of rotatable bonds is 4. The molecule has 0 N–H and O–H groups in total. The molecule has 0 aromatic heterocycles. The van der Waals surface area contributed by atoms with E-state index in [9.17, 15) is 0 Å². The van der Waals surface area contributed by atoms with Crippen molar-refractivity contribution in [1.82, 2.24) is 4.57 Å². The molecule has 0 bridgehead atoms. The van der Waals surface area contributed by atoms with Gasteiger partial charge in [0.25, 0.3) is 0 Å². The molecule has 0 rings (SSSR count). The summed E-state index contributed by atoms with van der Waals surface area (Å²) in [6, 6.07) is 1.48. The van der Waals surface area contributed by atoms with E-state index in [1.165, 1.54) is 10.2 Å². The summed E-state index contributed by atoms with van der Waals surface area (Å²) < 4.78 is 3.40. The highest BCUT2D eigenvalue weighted by atomic mass is 28.3. The van der Waals surface area contributed by atoms with E-state index in [4.69, 9.17) is 0 Å². The normalized spacial score (nSPS) is 14.8. The van der Waals surface area contributed by atoms with Crippen molar-refractivity contribution in [3.05, 3.63) is 0 Å². The molecule has 0 unspecified atom stereocenters. The van der Waals surface area contributed by atoms with Crippen molar-refractivity contribution in [2.75, 3.05) is 0 Å². The highest BCUT2D eigenvalue weighted by molar-refractivity contribution is 6.51. The molecule has 0 aromatic carbocycles. The van der Waals surface area contributed by atoms with E-state index >= 15 is 0 Å². The highest BCUT2D eigenvalue weighted by Crippen LogP contribution is 2.19. The maximum atomic E-state index is 2.72. The quantitative estimate of drug-likeness (QED) is 0.609. The van der Waals surface area contributed by atoms with Crippen LogP contribution in [0.1, 0.15) is 41.5 Å². The fourth-order valence-corrected chi connectivity index (χ4v) is 4.43. The van der Waals surface area contributed by atoms with Crippen molar-refractivity contribution in [3.8, 4) is 0 Å². The minimum absolute atomic E-state index is 0.0363. The van der Waals surface area contributed by atoms with Gasteiger partial charge >= 0.3 is 0 Å². The van der Waals surface area contributed by atoms with Gasteiger partial charge in [0.05, 0.1) is 9.68 Å². The van der Waals surface area contributed by atoms with Gasteiger partial charge in [-0.2, -0.15) is 0 Å². The first-order valence-corrected chi connectivity index (χ1v) is 7.34. The summed E-state index contributed by atoms with van der Waals surface area (Å²) in [5.41, 5.74) is 0. The van der Waals surface area contributed by atoms with E-state index in [0.29, 0.717) is 4.66 Å². The smallest absolute Gasteiger partial charge is 0.0977 e. The lowest BCUT2D eigenvalue weighted by Gasteiger charge is -2.35. The van der Waals surface area contributed by atoms with Crippen molar-refractivity contribution < 1.29 is 0 Å². The van der Waals surface area contributed by atoms with Gasteiger partial charge in [-0.25, -0.2) is 0 Å². The Morgan fingerprint density at radius 2 is 1.42 bits per heavy atom. The van der Waals surface area contributed by atoms with Gasteiger partial charge in [-0.05, 0) is 16.7 Å². The van der Waals surface area contributed by atoms with Crippen LogP contribution in [0.5, 0.6) is 0 Å². The lowest BCUT2D eigenvalue weighted by Crippen LogP contribution is -2.44. The number of hydrogen-bond donors (Lipinski definition) is 0. The van der Waals surface area contributed by atoms with Crippen LogP contribution in [0.3, 0.4) is 0 Å². The molecule has 0 amide bonds. The Balaban J connectivity index is 4.15. The predicted molar refractivity (Wildman–Crippen MR) is 64.6 cm³/mol. The van der Waals surface area contributed by atoms with Gasteiger partial charge in [0.1, 0.15) is 0 Å². The van der Waals surface area contributed by atoms with Crippen LogP contribution in [0.15, 0.2) is 0 Å². The number of hydrogen-bond acceptors (Lipinski definition) is 1. The molecule has 12 heavy (non-hydrogen) atoms. The summed E-state index contributed by atoms with van der Waals surface area (Å²) in [6.07, 6.45) is 0. The van der Waals surface area contributed by atoms with Crippen LogP contribution in [-0.4, -0.2) is 36.6 Å². The van der Waals surface area contributed by atoms with Crippen LogP contribution in [0.2, 0.25) is 4.66 Å². The molecule has 0 aliphatic carbocycles. The molecule has 0 spiro atoms. The Morgan fingerprint density at radius 1 is 1.08 bits per heavy atom. The van der Waals surface area contributed by atoms with E-state index < -0.39 is 0 Å². The first kappa shape index (κ1) is 12.4. The minimum atomic E-state index is -0.0363. The first-order chi connectivity index (χ1) is 5.24. The van der Waals surface area contributed by atoms with Crippen LogP contribution < -0.4 is 0 Å². The molecule has 1 nitrogen and oxygen atoms in total. The molecule has 0 saturated carbocycles. The van der Waals surface area contributed by atoms with Crippen molar-refractivity contribution in [1.29, 1.82) is 0 Å². The van der Waals surface area contributed by atoms with Crippen LogP contribution >= 0.6 is 0 Å². The summed E-state index contributed by atoms with van der Waals surface area (Å²) in [7, 11) is 1.30. The maximum absolute atomic E-state index is 2.72. The van der Waals surface area contributed by atoms with E-state index in [-0.39, 0.29) is 9.68 Å². The van der Waals surface area contributed by atoms with E-state index in [2.05, 4.69) is 46.1 Å². The Bertz CT molecular complexity index is 119. The average Bonchev–Trinajstić information content (AvgIpc) is 1.79. The third kappa shape index (κ3) is 5.11. The molecule has 74 valence electrons. The highest BCUT2D eigenvalue weighted by Gasteiger charge is 2.21. The molecular weight excluding hydrogens is 178 g/mol. The van der Waals surface area contributed by atoms with Crippen LogP contribution in [0, 0.1) is 0 Å². The zero-order valence-electron chi connectivity index (χ0n) is 9.81. The zero-order chi connectivity index (χ0) is 9.94. The van der Waals surface area contributed by atoms with Gasteiger partial charge in [0, 0.05) is 10.2 Å². The van der Waals surface area contributed by atoms with Gasteiger partial charge in [-0.15, -0.1) is 0 Å². The molecule has 0 heterocycles. The second kappa shape index (κ2) is 4.58. The Kier molecular flexibility index (Phi) is 4.73. The molecule has 0 aliphatic rings. The van der Waals surface area contributed by atoms with Crippen LogP contribution in [0.4, 0.5) is 0 Å². The number of nitrogens with zero attached hydrogens (tertiary/aromatic N) is 1. The third-order valence-electron chi connectivity index (χ3n) is 1.98. The summed E-state index contributed by atoms with van der Waals surface area (Å²) in [5, 5.41) is 0. The average molecular weight is 203 g/mol. The largest absolute Gasteiger partial charge is 0.325 e. The molecule has 3 heteroatoms. The van der Waals surface area contributed by atoms with Crippen molar-refractivity contribution >= 4 is 19.9 Å². The van der Waals surface area contributed by atoms with Gasteiger partial charge < -0.3 is 4.57 Å². The molecule has 0 aromatic rings. The Morgan fingerprint density at radius 3 is 1.50 bits per heavy atom. The predicted octanol–water partition coefficient (Wildman–Crippen LogP) is 0.710. The molecular formula is C9H25NSi2. The summed E-state index contributed by atoms with van der Waals surface area (Å²) >= 11 is 0. The van der Waals surface area contributed by atoms with Gasteiger partial charge in [-0.1, -0.05) is 41.5 Å². The second-order valence-corrected chi connectivity index (χ2v) is 12.7. The van der Waals surface area contributed by atoms with Crippen molar-refractivity contribution in [2.45, 2.75) is 58.3 Å². The maximum Gasteiger partial charge on any atom is 0.0977 e. The monoisotopic (exact) mass is 203 g/mol. The van der Waals surface area contributed by atoms with Crippen molar-refractivity contribution in [3.63, 3.8) is 0 Å². The summed E-state index contributed by atoms with van der Waals surface area (Å²) in [6.45, 7) is 14.1. The van der Waals surface area contributed by atoms with E-state index in [0.717, 1.165) is 12.1 Å². The molecule has 0 fully saturated rings. The molecule has 0 saturated heterocycles. The minimum Gasteiger partial charge on any atom is -0.325 e. The molecule has 0 radical (unpaired) electrons. The third-order valence-corrected chi connectivity index (χ3v) is 5.71. The molecule has 0 atom stereocenters. The van der Waals surface area contributed by atoms with Gasteiger partial charge in [-0.3, -0.25) is 0 Å². The standard InChI is InChI=1S/C9H25NSi2/c1-7(2)10(8(3)4)12-9(5,6)11/h7-8H,12H2,1-6,11H3. The topological polar surface area (TPSA) is 3.24 Å². The van der Waals surface area contributed by atoms with E-state index in [1.54, 1.807) is 0 Å². The Hall–Kier alpha value is 0.394.